The van der Waals surface area contributed by atoms with Crippen molar-refractivity contribution in [1.29, 1.82) is 0 Å². The third-order valence-corrected chi connectivity index (χ3v) is 7.93. The van der Waals surface area contributed by atoms with Crippen LogP contribution in [0.1, 0.15) is 59.9 Å². The van der Waals surface area contributed by atoms with Gasteiger partial charge in [0, 0.05) is 31.2 Å². The lowest BCUT2D eigenvalue weighted by Crippen LogP contribution is -2.15. The van der Waals surface area contributed by atoms with E-state index in [1.165, 1.54) is 0 Å². The Labute approximate surface area is 232 Å². The first-order valence-electron chi connectivity index (χ1n) is 13.1. The number of anilines is 1. The van der Waals surface area contributed by atoms with E-state index in [1.54, 1.807) is 7.11 Å². The monoisotopic (exact) mass is 549 g/mol. The van der Waals surface area contributed by atoms with Crippen LogP contribution >= 0.6 is 0 Å². The van der Waals surface area contributed by atoms with Crippen LogP contribution in [0, 0.1) is 18.8 Å². The topological polar surface area (TPSA) is 118 Å². The zero-order valence-electron chi connectivity index (χ0n) is 23.1. The lowest BCUT2D eigenvalue weighted by Gasteiger charge is -2.17. The number of ether oxygens (including phenoxy) is 1. The Morgan fingerprint density at radius 2 is 1.95 bits per heavy atom. The molecule has 4 aromatic rings. The highest BCUT2D eigenvalue weighted by Gasteiger charge is 2.23. The van der Waals surface area contributed by atoms with E-state index in [0.29, 0.717) is 29.6 Å². The van der Waals surface area contributed by atoms with Crippen LogP contribution in [0.25, 0.3) is 11.1 Å². The number of methoxy groups -OCH3 is 1. The van der Waals surface area contributed by atoms with E-state index in [9.17, 15) is 9.46 Å². The zero-order valence-corrected chi connectivity index (χ0v) is 23.9. The van der Waals surface area contributed by atoms with Crippen LogP contribution < -0.4 is 4.72 Å². The highest BCUT2D eigenvalue weighted by atomic mass is 32.2. The summed E-state index contributed by atoms with van der Waals surface area (Å²) in [5.74, 6) is 2.11. The maximum Gasteiger partial charge on any atom is 0.216 e. The summed E-state index contributed by atoms with van der Waals surface area (Å²) in [6, 6.07) is 13.8. The molecule has 9 nitrogen and oxygen atoms in total. The van der Waals surface area contributed by atoms with Gasteiger partial charge < -0.3 is 18.4 Å². The van der Waals surface area contributed by atoms with Crippen LogP contribution in [-0.2, 0) is 48.6 Å². The van der Waals surface area contributed by atoms with Crippen molar-refractivity contribution >= 4 is 17.2 Å². The van der Waals surface area contributed by atoms with E-state index in [4.69, 9.17) is 14.2 Å². The summed E-state index contributed by atoms with van der Waals surface area (Å²) in [5, 5.41) is 7.18. The van der Waals surface area contributed by atoms with Crippen molar-refractivity contribution in [2.24, 2.45) is 5.18 Å². The Morgan fingerprint density at radius 1 is 1.15 bits per heavy atom. The van der Waals surface area contributed by atoms with E-state index in [-0.39, 0.29) is 6.54 Å². The molecule has 0 fully saturated rings. The Balaban J connectivity index is 1.71. The highest BCUT2D eigenvalue weighted by Crippen LogP contribution is 2.33. The van der Waals surface area contributed by atoms with Gasteiger partial charge in [0.1, 0.15) is 29.5 Å². The highest BCUT2D eigenvalue weighted by molar-refractivity contribution is 7.92. The molecule has 10 heteroatoms. The number of imidazole rings is 1. The van der Waals surface area contributed by atoms with E-state index in [2.05, 4.69) is 38.7 Å². The van der Waals surface area contributed by atoms with Crippen LogP contribution in [0.2, 0.25) is 0 Å². The average molecular weight is 550 g/mol. The number of nitrogens with zero attached hydrogens (tertiary/aromatic N) is 4. The van der Waals surface area contributed by atoms with Gasteiger partial charge in [0.15, 0.2) is 4.90 Å². The fourth-order valence-electron chi connectivity index (χ4n) is 4.69. The number of rotatable bonds is 13. The molecule has 2 aromatic carbocycles. The zero-order chi connectivity index (χ0) is 27.9. The van der Waals surface area contributed by atoms with E-state index >= 15 is 0 Å². The van der Waals surface area contributed by atoms with Crippen LogP contribution in [0.4, 0.5) is 5.82 Å². The minimum atomic E-state index is -1.57. The molecular weight excluding hydrogens is 514 g/mol. The Morgan fingerprint density at radius 3 is 2.62 bits per heavy atom. The molecule has 0 amide bonds. The largest absolute Gasteiger partial charge is 0.588 e. The number of aromatic nitrogens is 3. The number of aryl methyl sites for hydroxylation is 3. The molecule has 2 aromatic heterocycles. The van der Waals surface area contributed by atoms with Crippen LogP contribution in [0.15, 0.2) is 57.1 Å². The standard InChI is InChI=1S/C29H35N5O4S/c1-6-10-28-31-25(7-2)26(16-30-35)34(28)17-21-13-14-23(22(15-21)18-37-5)24-11-8-9-12-27(24)39(36)33-29-19(3)20(4)38-32-29/h8-9,11-15H,6-7,10,16-18H2,1-5H3,(H,32,33). The van der Waals surface area contributed by atoms with Gasteiger partial charge in [-0.05, 0) is 55.5 Å². The number of nitroso groups, excluding NO2 is 1. The van der Waals surface area contributed by atoms with Gasteiger partial charge in [-0.25, -0.2) is 4.98 Å². The minimum Gasteiger partial charge on any atom is -0.588 e. The summed E-state index contributed by atoms with van der Waals surface area (Å²) in [5.41, 5.74) is 6.42. The first kappa shape index (κ1) is 28.5. The molecule has 0 aliphatic carbocycles. The lowest BCUT2D eigenvalue weighted by molar-refractivity contribution is 0.185. The van der Waals surface area contributed by atoms with Crippen molar-refractivity contribution in [3.05, 3.63) is 87.0 Å². The molecule has 0 aliphatic rings. The van der Waals surface area contributed by atoms with Crippen LogP contribution in [0.3, 0.4) is 0 Å². The molecule has 0 radical (unpaired) electrons. The van der Waals surface area contributed by atoms with Crippen LogP contribution in [-0.4, -0.2) is 26.4 Å². The van der Waals surface area contributed by atoms with Crippen molar-refractivity contribution in [2.45, 2.75) is 71.5 Å². The van der Waals surface area contributed by atoms with Crippen molar-refractivity contribution in [2.75, 3.05) is 11.8 Å². The second-order valence-electron chi connectivity index (χ2n) is 9.40. The van der Waals surface area contributed by atoms with E-state index in [1.807, 2.05) is 51.1 Å². The predicted octanol–water partition coefficient (Wildman–Crippen LogP) is 6.27. The average Bonchev–Trinajstić information content (AvgIpc) is 3.43. The van der Waals surface area contributed by atoms with Crippen molar-refractivity contribution in [3.8, 4) is 11.1 Å². The van der Waals surface area contributed by atoms with Gasteiger partial charge in [0.05, 0.1) is 18.0 Å². The second kappa shape index (κ2) is 13.1. The molecule has 2 heterocycles. The summed E-state index contributed by atoms with van der Waals surface area (Å²) in [4.78, 5) is 16.7. The normalized spacial score (nSPS) is 12.1. The summed E-state index contributed by atoms with van der Waals surface area (Å²) < 4.78 is 29.3. The summed E-state index contributed by atoms with van der Waals surface area (Å²) in [7, 11) is 1.66. The third-order valence-electron chi connectivity index (χ3n) is 6.79. The predicted molar refractivity (Wildman–Crippen MR) is 153 cm³/mol. The van der Waals surface area contributed by atoms with Crippen LogP contribution in [0.5, 0.6) is 0 Å². The number of nitrogens with one attached hydrogen (secondary N) is 1. The number of hydrogen-bond donors (Lipinski definition) is 1. The van der Waals surface area contributed by atoms with Crippen molar-refractivity contribution in [1.82, 2.24) is 14.7 Å². The van der Waals surface area contributed by atoms with Crippen molar-refractivity contribution < 1.29 is 13.8 Å². The molecule has 1 unspecified atom stereocenters. The maximum atomic E-state index is 13.4. The second-order valence-corrected chi connectivity index (χ2v) is 10.6. The lowest BCUT2D eigenvalue weighted by atomic mass is 9.97. The Kier molecular flexibility index (Phi) is 9.55. The third kappa shape index (κ3) is 6.24. The molecule has 4 rings (SSSR count). The fraction of sp³-hybridized carbons (Fsp3) is 0.379. The molecular formula is C29H35N5O4S. The van der Waals surface area contributed by atoms with Gasteiger partial charge >= 0.3 is 0 Å². The molecule has 0 spiro atoms. The van der Waals surface area contributed by atoms with Gasteiger partial charge in [-0.1, -0.05) is 54.5 Å². The molecule has 1 atom stereocenters. The fourth-order valence-corrected chi connectivity index (χ4v) is 5.74. The minimum absolute atomic E-state index is 0.0968. The Hall–Kier alpha value is -3.47. The summed E-state index contributed by atoms with van der Waals surface area (Å²) >= 11 is -1.57. The molecule has 0 saturated heterocycles. The van der Waals surface area contributed by atoms with Gasteiger partial charge in [-0.3, -0.25) is 0 Å². The van der Waals surface area contributed by atoms with Gasteiger partial charge in [-0.15, -0.1) is 0 Å². The first-order chi connectivity index (χ1) is 18.9. The maximum absolute atomic E-state index is 13.4. The molecule has 1 N–H and O–H groups in total. The summed E-state index contributed by atoms with van der Waals surface area (Å²) in [6.07, 6.45) is 2.53. The number of benzene rings is 2. The quantitative estimate of drug-likeness (QED) is 0.154. The molecule has 0 bridgehead atoms. The van der Waals surface area contributed by atoms with Crippen molar-refractivity contribution in [3.63, 3.8) is 0 Å². The smallest absolute Gasteiger partial charge is 0.216 e. The number of hydrogen-bond acceptors (Lipinski definition) is 8. The summed E-state index contributed by atoms with van der Waals surface area (Å²) in [6.45, 7) is 8.91. The molecule has 0 saturated carbocycles. The van der Waals surface area contributed by atoms with Gasteiger partial charge in [-0.2, -0.15) is 9.63 Å². The van der Waals surface area contributed by atoms with Gasteiger partial charge in [0.2, 0.25) is 5.82 Å². The van der Waals surface area contributed by atoms with E-state index < -0.39 is 11.4 Å². The first-order valence-corrected chi connectivity index (χ1v) is 14.2. The Bertz CT molecular complexity index is 1430. The molecule has 39 heavy (non-hydrogen) atoms. The molecule has 206 valence electrons. The SMILES string of the molecule is CCCc1nc(CC)c(CN=O)n1Cc1ccc(-c2ccccc2[S+]([O-])Nc2noc(C)c2C)c(COC)c1. The van der Waals surface area contributed by atoms with E-state index in [0.717, 1.165) is 64.3 Å². The van der Waals surface area contributed by atoms with Gasteiger partial charge in [0.25, 0.3) is 0 Å². The molecule has 0 aliphatic heterocycles.